The number of nitrogens with two attached hydrogens (primary N) is 1. The number of amides is 1. The highest BCUT2D eigenvalue weighted by Crippen LogP contribution is 2.13. The molecule has 0 aromatic carbocycles. The molecule has 0 saturated carbocycles. The van der Waals surface area contributed by atoms with Gasteiger partial charge in [0.25, 0.3) is 0 Å². The number of rotatable bonds is 2. The summed E-state index contributed by atoms with van der Waals surface area (Å²) in [6.07, 6.45) is 0.970. The maximum Gasteiger partial charge on any atom is 0.249 e. The van der Waals surface area contributed by atoms with E-state index in [1.807, 2.05) is 19.9 Å². The van der Waals surface area contributed by atoms with Crippen molar-refractivity contribution in [2.75, 3.05) is 0 Å². The van der Waals surface area contributed by atoms with Gasteiger partial charge in [-0.3, -0.25) is 4.79 Å². The van der Waals surface area contributed by atoms with E-state index >= 15 is 0 Å². The van der Waals surface area contributed by atoms with Crippen molar-refractivity contribution in [3.63, 3.8) is 0 Å². The van der Waals surface area contributed by atoms with Crippen molar-refractivity contribution in [2.45, 2.75) is 27.2 Å². The van der Waals surface area contributed by atoms with Gasteiger partial charge in [0.2, 0.25) is 5.91 Å². The summed E-state index contributed by atoms with van der Waals surface area (Å²) in [4.78, 5) is 11.8. The Kier molecular flexibility index (Phi) is 5.37. The summed E-state index contributed by atoms with van der Waals surface area (Å²) < 4.78 is 0. The molecule has 0 unspecified atom stereocenters. The van der Waals surface area contributed by atoms with Crippen LogP contribution < -0.4 is 5.73 Å². The molecule has 0 spiro atoms. The SMILES string of the molecule is CC.CCc1cc(C(N)=O)cs1. The Morgan fingerprint density at radius 3 is 2.42 bits per heavy atom. The second-order valence-corrected chi connectivity index (χ2v) is 3.02. The smallest absolute Gasteiger partial charge is 0.249 e. The van der Waals surface area contributed by atoms with Crippen LogP contribution in [0.1, 0.15) is 36.0 Å². The summed E-state index contributed by atoms with van der Waals surface area (Å²) in [5, 5.41) is 1.79. The number of primary amides is 1. The number of carbonyl (C=O) groups excluding carboxylic acids is 1. The first kappa shape index (κ1) is 11.2. The Bertz CT molecular complexity index is 242. The van der Waals surface area contributed by atoms with Crippen molar-refractivity contribution in [1.29, 1.82) is 0 Å². The molecule has 1 rings (SSSR count). The standard InChI is InChI=1S/C7H9NOS.C2H6/c1-2-6-3-5(4-10-6)7(8)9;1-2/h3-4H,2H2,1H3,(H2,8,9);1-2H3. The largest absolute Gasteiger partial charge is 0.366 e. The number of carbonyl (C=O) groups is 1. The molecule has 1 aromatic heterocycles. The second kappa shape index (κ2) is 5.77. The van der Waals surface area contributed by atoms with Crippen LogP contribution in [0.2, 0.25) is 0 Å². The van der Waals surface area contributed by atoms with Gasteiger partial charge in [0.15, 0.2) is 0 Å². The van der Waals surface area contributed by atoms with Crippen molar-refractivity contribution in [2.24, 2.45) is 5.73 Å². The van der Waals surface area contributed by atoms with Crippen LogP contribution in [0.3, 0.4) is 0 Å². The third kappa shape index (κ3) is 3.05. The van der Waals surface area contributed by atoms with Crippen molar-refractivity contribution < 1.29 is 4.79 Å². The van der Waals surface area contributed by atoms with Gasteiger partial charge in [-0.2, -0.15) is 0 Å². The van der Waals surface area contributed by atoms with Gasteiger partial charge in [-0.25, -0.2) is 0 Å². The number of hydrogen-bond donors (Lipinski definition) is 1. The molecule has 68 valence electrons. The summed E-state index contributed by atoms with van der Waals surface area (Å²) >= 11 is 1.58. The molecule has 0 atom stereocenters. The van der Waals surface area contributed by atoms with Crippen molar-refractivity contribution in [3.8, 4) is 0 Å². The molecule has 1 aromatic rings. The lowest BCUT2D eigenvalue weighted by Gasteiger charge is -1.83. The Morgan fingerprint density at radius 2 is 2.17 bits per heavy atom. The minimum Gasteiger partial charge on any atom is -0.366 e. The number of thiophene rings is 1. The summed E-state index contributed by atoms with van der Waals surface area (Å²) in [6.45, 7) is 6.05. The van der Waals surface area contributed by atoms with E-state index in [9.17, 15) is 4.79 Å². The zero-order valence-electron chi connectivity index (χ0n) is 7.76. The van der Waals surface area contributed by atoms with Crippen LogP contribution in [0.15, 0.2) is 11.4 Å². The van der Waals surface area contributed by atoms with Crippen LogP contribution in [-0.2, 0) is 6.42 Å². The first-order valence-electron chi connectivity index (χ1n) is 4.11. The van der Waals surface area contributed by atoms with E-state index in [0.717, 1.165) is 6.42 Å². The van der Waals surface area contributed by atoms with E-state index in [1.54, 1.807) is 16.7 Å². The van der Waals surface area contributed by atoms with Crippen molar-refractivity contribution >= 4 is 17.2 Å². The topological polar surface area (TPSA) is 43.1 Å². The molecule has 0 fully saturated rings. The molecule has 1 amide bonds. The lowest BCUT2D eigenvalue weighted by Crippen LogP contribution is -2.09. The minimum absolute atomic E-state index is 0.337. The zero-order valence-corrected chi connectivity index (χ0v) is 8.57. The fourth-order valence-electron chi connectivity index (χ4n) is 0.695. The molecule has 2 N–H and O–H groups in total. The molecule has 0 bridgehead atoms. The molecule has 1 heterocycles. The molecule has 0 saturated heterocycles. The van der Waals surface area contributed by atoms with E-state index in [2.05, 4.69) is 6.92 Å². The summed E-state index contributed by atoms with van der Waals surface area (Å²) in [7, 11) is 0. The Hall–Kier alpha value is -0.830. The van der Waals surface area contributed by atoms with E-state index in [1.165, 1.54) is 4.88 Å². The summed E-state index contributed by atoms with van der Waals surface area (Å²) in [5.41, 5.74) is 5.68. The average Bonchev–Trinajstić information content (AvgIpc) is 2.55. The van der Waals surface area contributed by atoms with Crippen LogP contribution in [-0.4, -0.2) is 5.91 Å². The quantitative estimate of drug-likeness (QED) is 0.755. The van der Waals surface area contributed by atoms with Crippen LogP contribution in [0.5, 0.6) is 0 Å². The highest BCUT2D eigenvalue weighted by molar-refractivity contribution is 7.10. The molecule has 0 radical (unpaired) electrons. The molecule has 3 heteroatoms. The highest BCUT2D eigenvalue weighted by atomic mass is 32.1. The van der Waals surface area contributed by atoms with Gasteiger partial charge in [-0.1, -0.05) is 20.8 Å². The number of aryl methyl sites for hydroxylation is 1. The summed E-state index contributed by atoms with van der Waals surface area (Å²) in [6, 6.07) is 1.84. The molecule has 12 heavy (non-hydrogen) atoms. The van der Waals surface area contributed by atoms with Gasteiger partial charge in [0.1, 0.15) is 0 Å². The van der Waals surface area contributed by atoms with E-state index < -0.39 is 0 Å². The number of hydrogen-bond acceptors (Lipinski definition) is 2. The van der Waals surface area contributed by atoms with Gasteiger partial charge >= 0.3 is 0 Å². The molecular formula is C9H15NOS. The molecular weight excluding hydrogens is 170 g/mol. The fraction of sp³-hybridized carbons (Fsp3) is 0.444. The van der Waals surface area contributed by atoms with Gasteiger partial charge in [0, 0.05) is 10.3 Å². The van der Waals surface area contributed by atoms with Crippen molar-refractivity contribution in [1.82, 2.24) is 0 Å². The van der Waals surface area contributed by atoms with Gasteiger partial charge < -0.3 is 5.73 Å². The highest BCUT2D eigenvalue weighted by Gasteiger charge is 2.01. The average molecular weight is 185 g/mol. The van der Waals surface area contributed by atoms with Crippen molar-refractivity contribution in [3.05, 3.63) is 21.9 Å². The molecule has 0 aliphatic heterocycles. The first-order chi connectivity index (χ1) is 5.74. The third-order valence-corrected chi connectivity index (χ3v) is 2.37. The van der Waals surface area contributed by atoms with Gasteiger partial charge in [0.05, 0.1) is 5.56 Å². The van der Waals surface area contributed by atoms with Gasteiger partial charge in [-0.05, 0) is 12.5 Å². The van der Waals surface area contributed by atoms with Crippen LogP contribution in [0.4, 0.5) is 0 Å². The van der Waals surface area contributed by atoms with E-state index in [-0.39, 0.29) is 5.91 Å². The lowest BCUT2D eigenvalue weighted by atomic mass is 10.3. The maximum atomic E-state index is 10.6. The third-order valence-electron chi connectivity index (χ3n) is 1.29. The zero-order chi connectivity index (χ0) is 9.56. The first-order valence-corrected chi connectivity index (χ1v) is 4.99. The maximum absolute atomic E-state index is 10.6. The predicted octanol–water partition coefficient (Wildman–Crippen LogP) is 2.44. The molecule has 0 aliphatic carbocycles. The lowest BCUT2D eigenvalue weighted by molar-refractivity contribution is 0.100. The predicted molar refractivity (Wildman–Crippen MR) is 53.6 cm³/mol. The Labute approximate surface area is 77.4 Å². The van der Waals surface area contributed by atoms with Gasteiger partial charge in [-0.15, -0.1) is 11.3 Å². The second-order valence-electron chi connectivity index (χ2n) is 2.02. The molecule has 2 nitrogen and oxygen atoms in total. The summed E-state index contributed by atoms with van der Waals surface area (Å²) in [5.74, 6) is -0.337. The Balaban J connectivity index is 0.000000561. The normalized spacial score (nSPS) is 8.58. The van der Waals surface area contributed by atoms with Crippen LogP contribution in [0.25, 0.3) is 0 Å². The Morgan fingerprint density at radius 1 is 1.58 bits per heavy atom. The monoisotopic (exact) mass is 185 g/mol. The van der Waals surface area contributed by atoms with E-state index in [4.69, 9.17) is 5.73 Å². The van der Waals surface area contributed by atoms with Crippen LogP contribution in [0, 0.1) is 0 Å². The minimum atomic E-state index is -0.337. The van der Waals surface area contributed by atoms with E-state index in [0.29, 0.717) is 5.56 Å². The van der Waals surface area contributed by atoms with Crippen LogP contribution >= 0.6 is 11.3 Å². The fourth-order valence-corrected chi connectivity index (χ4v) is 1.52. The molecule has 0 aliphatic rings.